The Balaban J connectivity index is 1.31. The zero-order chi connectivity index (χ0) is 19.3. The van der Waals surface area contributed by atoms with Gasteiger partial charge < -0.3 is 24.7 Å². The van der Waals surface area contributed by atoms with E-state index in [1.54, 1.807) is 18.5 Å². The Morgan fingerprint density at radius 1 is 1.29 bits per heavy atom. The molecule has 2 aromatic heterocycles. The molecule has 1 fully saturated rings. The van der Waals surface area contributed by atoms with Gasteiger partial charge in [-0.2, -0.15) is 4.98 Å². The fourth-order valence-electron chi connectivity index (χ4n) is 3.05. The Morgan fingerprint density at radius 2 is 2.14 bits per heavy atom. The minimum Gasteiger partial charge on any atom is -0.476 e. The number of hydrogen-bond acceptors (Lipinski definition) is 7. The van der Waals surface area contributed by atoms with Crippen molar-refractivity contribution in [1.82, 2.24) is 25.3 Å². The average molecular weight is 382 g/mol. The highest BCUT2D eigenvalue weighted by atomic mass is 16.5. The van der Waals surface area contributed by atoms with Gasteiger partial charge in [-0.15, -0.1) is 0 Å². The van der Waals surface area contributed by atoms with E-state index >= 15 is 0 Å². The number of morpholine rings is 1. The van der Waals surface area contributed by atoms with E-state index in [0.717, 1.165) is 29.9 Å². The summed E-state index contributed by atoms with van der Waals surface area (Å²) in [6.07, 6.45) is 1.61. The Labute approximate surface area is 162 Å². The molecule has 3 aromatic rings. The summed E-state index contributed by atoms with van der Waals surface area (Å²) in [5.74, 6) is 1.83. The number of fused-ring (bicyclic) bond motifs is 1. The number of nitrogens with one attached hydrogen (secondary N) is 2. The van der Waals surface area contributed by atoms with Gasteiger partial charge in [-0.3, -0.25) is 4.79 Å². The van der Waals surface area contributed by atoms with Crippen molar-refractivity contribution in [3.05, 3.63) is 42.0 Å². The van der Waals surface area contributed by atoms with Crippen molar-refractivity contribution >= 4 is 22.8 Å². The van der Waals surface area contributed by atoms with E-state index in [2.05, 4.69) is 30.2 Å². The first kappa shape index (κ1) is 18.2. The van der Waals surface area contributed by atoms with E-state index in [4.69, 9.17) is 9.47 Å². The summed E-state index contributed by atoms with van der Waals surface area (Å²) in [6, 6.07) is 7.17. The van der Waals surface area contributed by atoms with Crippen LogP contribution >= 0.6 is 0 Å². The predicted octanol–water partition coefficient (Wildman–Crippen LogP) is 1.31. The molecular weight excluding hydrogens is 360 g/mol. The maximum absolute atomic E-state index is 12.3. The summed E-state index contributed by atoms with van der Waals surface area (Å²) >= 11 is 0. The standard InChI is InChI=1S/C19H22N6O3/c1-13-23-17(25-5-8-27-9-6-25)11-18(24-13)28-7-4-20-19(26)14-2-3-15-16(10-14)22-12-21-15/h2-3,10-12H,4-9H2,1H3,(H,20,26)(H,21,22). The second-order valence-corrected chi connectivity index (χ2v) is 6.45. The number of ether oxygens (including phenoxy) is 2. The number of aromatic amines is 1. The Kier molecular flexibility index (Phi) is 5.34. The molecule has 146 valence electrons. The van der Waals surface area contributed by atoms with Crippen molar-refractivity contribution in [3.8, 4) is 5.88 Å². The molecule has 0 saturated carbocycles. The molecule has 0 unspecified atom stereocenters. The van der Waals surface area contributed by atoms with Crippen molar-refractivity contribution in [2.75, 3.05) is 44.4 Å². The lowest BCUT2D eigenvalue weighted by atomic mass is 10.2. The van der Waals surface area contributed by atoms with Crippen LogP contribution in [0.5, 0.6) is 5.88 Å². The van der Waals surface area contributed by atoms with Gasteiger partial charge in [-0.1, -0.05) is 0 Å². The highest BCUT2D eigenvalue weighted by molar-refractivity contribution is 5.97. The summed E-state index contributed by atoms with van der Waals surface area (Å²) in [4.78, 5) is 30.4. The third-order valence-corrected chi connectivity index (χ3v) is 4.46. The lowest BCUT2D eigenvalue weighted by Gasteiger charge is -2.28. The molecule has 0 spiro atoms. The number of aryl methyl sites for hydroxylation is 1. The van der Waals surface area contributed by atoms with Crippen LogP contribution in [0.3, 0.4) is 0 Å². The molecule has 1 aliphatic heterocycles. The van der Waals surface area contributed by atoms with E-state index in [9.17, 15) is 4.79 Å². The molecule has 1 aromatic carbocycles. The van der Waals surface area contributed by atoms with E-state index in [1.165, 1.54) is 0 Å². The van der Waals surface area contributed by atoms with Gasteiger partial charge in [0.25, 0.3) is 5.91 Å². The van der Waals surface area contributed by atoms with Crippen molar-refractivity contribution in [2.45, 2.75) is 6.92 Å². The number of hydrogen-bond donors (Lipinski definition) is 2. The van der Waals surface area contributed by atoms with Crippen LogP contribution in [0, 0.1) is 6.92 Å². The van der Waals surface area contributed by atoms with Crippen molar-refractivity contribution in [3.63, 3.8) is 0 Å². The molecule has 3 heterocycles. The first-order chi connectivity index (χ1) is 13.7. The smallest absolute Gasteiger partial charge is 0.251 e. The second kappa shape index (κ2) is 8.22. The molecule has 0 radical (unpaired) electrons. The normalized spacial score (nSPS) is 14.2. The number of benzene rings is 1. The number of rotatable bonds is 6. The molecular formula is C19H22N6O3. The molecule has 9 nitrogen and oxygen atoms in total. The molecule has 1 saturated heterocycles. The summed E-state index contributed by atoms with van der Waals surface area (Å²) < 4.78 is 11.1. The van der Waals surface area contributed by atoms with E-state index in [1.807, 2.05) is 19.1 Å². The van der Waals surface area contributed by atoms with Crippen LogP contribution in [0.15, 0.2) is 30.6 Å². The van der Waals surface area contributed by atoms with E-state index in [0.29, 0.717) is 43.6 Å². The zero-order valence-electron chi connectivity index (χ0n) is 15.6. The van der Waals surface area contributed by atoms with E-state index in [-0.39, 0.29) is 5.91 Å². The summed E-state index contributed by atoms with van der Waals surface area (Å²) in [5, 5.41) is 2.85. The van der Waals surface area contributed by atoms with Crippen LogP contribution in [0.25, 0.3) is 11.0 Å². The number of carbonyl (C=O) groups excluding carboxylic acids is 1. The first-order valence-corrected chi connectivity index (χ1v) is 9.21. The van der Waals surface area contributed by atoms with Crippen LogP contribution < -0.4 is 15.0 Å². The monoisotopic (exact) mass is 382 g/mol. The van der Waals surface area contributed by atoms with Crippen LogP contribution in [0.1, 0.15) is 16.2 Å². The lowest BCUT2D eigenvalue weighted by molar-refractivity contribution is 0.0946. The second-order valence-electron chi connectivity index (χ2n) is 6.45. The minimum atomic E-state index is -0.159. The Hall–Kier alpha value is -3.20. The first-order valence-electron chi connectivity index (χ1n) is 9.21. The predicted molar refractivity (Wildman–Crippen MR) is 104 cm³/mol. The van der Waals surface area contributed by atoms with Crippen LogP contribution in [0.2, 0.25) is 0 Å². The third-order valence-electron chi connectivity index (χ3n) is 4.46. The molecule has 9 heteroatoms. The quantitative estimate of drug-likeness (QED) is 0.619. The van der Waals surface area contributed by atoms with Gasteiger partial charge in [0, 0.05) is 24.7 Å². The van der Waals surface area contributed by atoms with Gasteiger partial charge in [0.05, 0.1) is 37.1 Å². The van der Waals surface area contributed by atoms with Gasteiger partial charge in [-0.25, -0.2) is 9.97 Å². The molecule has 0 bridgehead atoms. The van der Waals surface area contributed by atoms with Gasteiger partial charge >= 0.3 is 0 Å². The van der Waals surface area contributed by atoms with Crippen molar-refractivity contribution in [2.24, 2.45) is 0 Å². The minimum absolute atomic E-state index is 0.159. The molecule has 1 aliphatic rings. The largest absolute Gasteiger partial charge is 0.476 e. The maximum atomic E-state index is 12.3. The zero-order valence-corrected chi connectivity index (χ0v) is 15.6. The number of aromatic nitrogens is 4. The van der Waals surface area contributed by atoms with Crippen LogP contribution in [-0.4, -0.2) is 65.3 Å². The van der Waals surface area contributed by atoms with Gasteiger partial charge in [0.15, 0.2) is 0 Å². The molecule has 0 aliphatic carbocycles. The summed E-state index contributed by atoms with van der Waals surface area (Å²) in [7, 11) is 0. The van der Waals surface area contributed by atoms with E-state index < -0.39 is 0 Å². The lowest BCUT2D eigenvalue weighted by Crippen LogP contribution is -2.37. The molecule has 28 heavy (non-hydrogen) atoms. The number of anilines is 1. The summed E-state index contributed by atoms with van der Waals surface area (Å²) in [6.45, 7) is 5.50. The summed E-state index contributed by atoms with van der Waals surface area (Å²) in [5.41, 5.74) is 2.23. The number of H-pyrrole nitrogens is 1. The Bertz CT molecular complexity index is 967. The van der Waals surface area contributed by atoms with Crippen molar-refractivity contribution in [1.29, 1.82) is 0 Å². The highest BCUT2D eigenvalue weighted by Gasteiger charge is 2.14. The number of imidazole rings is 1. The highest BCUT2D eigenvalue weighted by Crippen LogP contribution is 2.18. The van der Waals surface area contributed by atoms with Gasteiger partial charge in [0.1, 0.15) is 18.2 Å². The number of nitrogens with zero attached hydrogens (tertiary/aromatic N) is 4. The topological polar surface area (TPSA) is 105 Å². The molecule has 2 N–H and O–H groups in total. The number of amides is 1. The fraction of sp³-hybridized carbons (Fsp3) is 0.368. The average Bonchev–Trinajstić information content (AvgIpc) is 3.19. The van der Waals surface area contributed by atoms with Crippen LogP contribution in [-0.2, 0) is 4.74 Å². The SMILES string of the molecule is Cc1nc(OCCNC(=O)c2ccc3nc[nH]c3c2)cc(N2CCOCC2)n1. The van der Waals surface area contributed by atoms with Crippen LogP contribution in [0.4, 0.5) is 5.82 Å². The molecule has 1 amide bonds. The van der Waals surface area contributed by atoms with Gasteiger partial charge in [-0.05, 0) is 25.1 Å². The fourth-order valence-corrected chi connectivity index (χ4v) is 3.05. The van der Waals surface area contributed by atoms with Gasteiger partial charge in [0.2, 0.25) is 5.88 Å². The number of carbonyl (C=O) groups is 1. The Morgan fingerprint density at radius 3 is 3.00 bits per heavy atom. The maximum Gasteiger partial charge on any atom is 0.251 e. The third kappa shape index (κ3) is 4.20. The molecule has 4 rings (SSSR count). The van der Waals surface area contributed by atoms with Crippen molar-refractivity contribution < 1.29 is 14.3 Å². The molecule has 0 atom stereocenters.